The van der Waals surface area contributed by atoms with Gasteiger partial charge in [0.1, 0.15) is 5.25 Å². The third kappa shape index (κ3) is 0.889. The normalized spacial score (nSPS) is 28.6. The minimum Gasteiger partial charge on any atom is -0.295 e. The van der Waals surface area contributed by atoms with Crippen LogP contribution in [-0.2, 0) is 9.59 Å². The Labute approximate surface area is 84.9 Å². The van der Waals surface area contributed by atoms with Crippen molar-refractivity contribution in [3.05, 3.63) is 29.8 Å². The van der Waals surface area contributed by atoms with Crippen LogP contribution in [0.5, 0.6) is 0 Å². The fraction of sp³-hybridized carbons (Fsp3) is 0.200. The molecule has 2 amide bonds. The Morgan fingerprint density at radius 1 is 1.14 bits per heavy atom. The summed E-state index contributed by atoms with van der Waals surface area (Å²) >= 11 is 1.49. The molecule has 14 heavy (non-hydrogen) atoms. The summed E-state index contributed by atoms with van der Waals surface area (Å²) < 4.78 is 0. The summed E-state index contributed by atoms with van der Waals surface area (Å²) in [5.41, 5.74) is 0.992. The second kappa shape index (κ2) is 2.60. The van der Waals surface area contributed by atoms with Crippen molar-refractivity contribution in [2.75, 3.05) is 0 Å². The first kappa shape index (κ1) is 8.05. The molecule has 70 valence electrons. The van der Waals surface area contributed by atoms with E-state index < -0.39 is 0 Å². The van der Waals surface area contributed by atoms with E-state index in [1.54, 1.807) is 0 Å². The van der Waals surface area contributed by atoms with Crippen molar-refractivity contribution in [1.82, 2.24) is 5.32 Å². The van der Waals surface area contributed by atoms with Crippen LogP contribution in [0.15, 0.2) is 29.2 Å². The average molecular weight is 205 g/mol. The second-order valence-electron chi connectivity index (χ2n) is 3.41. The zero-order valence-corrected chi connectivity index (χ0v) is 8.01. The topological polar surface area (TPSA) is 46.2 Å². The maximum atomic E-state index is 11.5. The van der Waals surface area contributed by atoms with Gasteiger partial charge in [0.05, 0.1) is 5.92 Å². The van der Waals surface area contributed by atoms with Crippen LogP contribution >= 0.6 is 11.8 Å². The van der Waals surface area contributed by atoms with E-state index in [4.69, 9.17) is 0 Å². The van der Waals surface area contributed by atoms with Crippen molar-refractivity contribution in [3.8, 4) is 0 Å². The molecule has 0 spiro atoms. The van der Waals surface area contributed by atoms with Gasteiger partial charge < -0.3 is 0 Å². The number of amides is 2. The first-order chi connectivity index (χ1) is 6.77. The Kier molecular flexibility index (Phi) is 1.50. The Morgan fingerprint density at radius 3 is 2.79 bits per heavy atom. The van der Waals surface area contributed by atoms with E-state index in [2.05, 4.69) is 5.32 Å². The van der Waals surface area contributed by atoms with E-state index in [9.17, 15) is 9.59 Å². The lowest BCUT2D eigenvalue weighted by molar-refractivity contribution is -0.125. The monoisotopic (exact) mass is 205 g/mol. The highest BCUT2D eigenvalue weighted by Gasteiger charge is 2.48. The summed E-state index contributed by atoms with van der Waals surface area (Å²) in [6.45, 7) is 0. The maximum Gasteiger partial charge on any atom is 0.241 e. The number of carbonyl (C=O) groups is 2. The molecule has 2 aliphatic heterocycles. The molecule has 0 aliphatic carbocycles. The van der Waals surface area contributed by atoms with Gasteiger partial charge in [0.25, 0.3) is 0 Å². The lowest BCUT2D eigenvalue weighted by Crippen LogP contribution is -2.23. The van der Waals surface area contributed by atoms with Crippen molar-refractivity contribution in [3.63, 3.8) is 0 Å². The Hall–Kier alpha value is -1.29. The number of fused-ring (bicyclic) bond motifs is 3. The van der Waals surface area contributed by atoms with Crippen molar-refractivity contribution >= 4 is 23.6 Å². The average Bonchev–Trinajstić information content (AvgIpc) is 2.66. The highest BCUT2D eigenvalue weighted by molar-refractivity contribution is 8.01. The van der Waals surface area contributed by atoms with Gasteiger partial charge in [0, 0.05) is 4.90 Å². The van der Waals surface area contributed by atoms with Crippen LogP contribution in [0.25, 0.3) is 0 Å². The number of carbonyl (C=O) groups excluding carboxylic acids is 2. The first-order valence-electron chi connectivity index (χ1n) is 4.37. The van der Waals surface area contributed by atoms with Crippen LogP contribution in [0, 0.1) is 0 Å². The number of hydrogen-bond donors (Lipinski definition) is 1. The molecule has 3 rings (SSSR count). The highest BCUT2D eigenvalue weighted by Crippen LogP contribution is 2.47. The van der Waals surface area contributed by atoms with Gasteiger partial charge >= 0.3 is 0 Å². The van der Waals surface area contributed by atoms with Gasteiger partial charge in [-0.25, -0.2) is 0 Å². The lowest BCUT2D eigenvalue weighted by atomic mass is 9.98. The first-order valence-corrected chi connectivity index (χ1v) is 5.25. The van der Waals surface area contributed by atoms with Gasteiger partial charge in [-0.2, -0.15) is 0 Å². The third-order valence-electron chi connectivity index (χ3n) is 2.60. The number of imide groups is 1. The van der Waals surface area contributed by atoms with Gasteiger partial charge in [-0.15, -0.1) is 11.8 Å². The molecule has 2 atom stereocenters. The van der Waals surface area contributed by atoms with E-state index in [-0.39, 0.29) is 23.0 Å². The van der Waals surface area contributed by atoms with Crippen LogP contribution in [0.3, 0.4) is 0 Å². The fourth-order valence-corrected chi connectivity index (χ4v) is 3.30. The number of hydrogen-bond acceptors (Lipinski definition) is 3. The highest BCUT2D eigenvalue weighted by atomic mass is 32.2. The lowest BCUT2D eigenvalue weighted by Gasteiger charge is -2.02. The van der Waals surface area contributed by atoms with Gasteiger partial charge in [-0.3, -0.25) is 14.9 Å². The van der Waals surface area contributed by atoms with E-state index in [0.29, 0.717) is 0 Å². The molecule has 0 bridgehead atoms. The predicted molar refractivity (Wildman–Crippen MR) is 52.0 cm³/mol. The van der Waals surface area contributed by atoms with Gasteiger partial charge in [0.15, 0.2) is 0 Å². The Bertz CT molecular complexity index is 444. The SMILES string of the molecule is O=C1NC(=O)C2c3ccccc3SC12. The molecule has 2 heterocycles. The van der Waals surface area contributed by atoms with Crippen LogP contribution in [0.1, 0.15) is 11.5 Å². The summed E-state index contributed by atoms with van der Waals surface area (Å²) in [4.78, 5) is 23.9. The molecular weight excluding hydrogens is 198 g/mol. The Balaban J connectivity index is 2.15. The van der Waals surface area contributed by atoms with Gasteiger partial charge in [0.2, 0.25) is 11.8 Å². The zero-order valence-electron chi connectivity index (χ0n) is 7.19. The molecule has 2 aliphatic rings. The summed E-state index contributed by atoms with van der Waals surface area (Å²) in [5.74, 6) is -0.567. The minimum absolute atomic E-state index is 0.152. The van der Waals surface area contributed by atoms with Crippen LogP contribution in [0.4, 0.5) is 0 Å². The number of thioether (sulfide) groups is 1. The second-order valence-corrected chi connectivity index (χ2v) is 4.59. The number of nitrogens with one attached hydrogen (secondary N) is 1. The van der Waals surface area contributed by atoms with Gasteiger partial charge in [-0.05, 0) is 11.6 Å². The molecule has 1 aromatic rings. The largest absolute Gasteiger partial charge is 0.295 e. The van der Waals surface area contributed by atoms with Gasteiger partial charge in [-0.1, -0.05) is 18.2 Å². The van der Waals surface area contributed by atoms with E-state index in [0.717, 1.165) is 10.5 Å². The number of benzene rings is 1. The predicted octanol–water partition coefficient (Wildman–Crippen LogP) is 0.901. The van der Waals surface area contributed by atoms with Crippen molar-refractivity contribution in [2.45, 2.75) is 16.1 Å². The van der Waals surface area contributed by atoms with Crippen LogP contribution in [0.2, 0.25) is 0 Å². The summed E-state index contributed by atoms with van der Waals surface area (Å²) in [6, 6.07) is 7.71. The van der Waals surface area contributed by atoms with E-state index in [1.165, 1.54) is 11.8 Å². The zero-order chi connectivity index (χ0) is 9.71. The molecule has 0 radical (unpaired) electrons. The molecule has 0 saturated carbocycles. The molecule has 1 aromatic carbocycles. The summed E-state index contributed by atoms with van der Waals surface area (Å²) in [5, 5.41) is 2.12. The maximum absolute atomic E-state index is 11.5. The number of rotatable bonds is 0. The van der Waals surface area contributed by atoms with Crippen molar-refractivity contribution < 1.29 is 9.59 Å². The summed E-state index contributed by atoms with van der Waals surface area (Å²) in [6.07, 6.45) is 0. The standard InChI is InChI=1S/C10H7NO2S/c12-9-7-5-3-1-2-4-6(5)14-8(7)10(13)11-9/h1-4,7-8H,(H,11,12,13). The molecule has 4 heteroatoms. The van der Waals surface area contributed by atoms with Crippen molar-refractivity contribution in [1.29, 1.82) is 0 Å². The van der Waals surface area contributed by atoms with Crippen LogP contribution < -0.4 is 5.32 Å². The van der Waals surface area contributed by atoms with Crippen LogP contribution in [-0.4, -0.2) is 17.1 Å². The molecule has 1 fully saturated rings. The molecule has 3 nitrogen and oxygen atoms in total. The molecule has 2 unspecified atom stereocenters. The molecule has 0 aromatic heterocycles. The molecule has 1 saturated heterocycles. The van der Waals surface area contributed by atoms with E-state index in [1.807, 2.05) is 24.3 Å². The smallest absolute Gasteiger partial charge is 0.241 e. The fourth-order valence-electron chi connectivity index (χ4n) is 1.97. The summed E-state index contributed by atoms with van der Waals surface area (Å²) in [7, 11) is 0. The minimum atomic E-state index is -0.260. The molecule has 1 N–H and O–H groups in total. The Morgan fingerprint density at radius 2 is 1.93 bits per heavy atom. The van der Waals surface area contributed by atoms with E-state index >= 15 is 0 Å². The quantitative estimate of drug-likeness (QED) is 0.640. The molecular formula is C10H7NO2S. The third-order valence-corrected chi connectivity index (χ3v) is 3.96. The van der Waals surface area contributed by atoms with Crippen molar-refractivity contribution in [2.24, 2.45) is 0 Å².